The molecule has 0 saturated heterocycles. The van der Waals surface area contributed by atoms with E-state index in [1.165, 1.54) is 0 Å². The summed E-state index contributed by atoms with van der Waals surface area (Å²) in [6.07, 6.45) is 0.573. The van der Waals surface area contributed by atoms with Crippen LogP contribution in [0.5, 0.6) is 0 Å². The maximum Gasteiger partial charge on any atom is 0.208 e. The molecule has 0 aliphatic carbocycles. The molecule has 0 unspecified atom stereocenters. The van der Waals surface area contributed by atoms with Crippen LogP contribution in [0.1, 0.15) is 0 Å². The molecule has 1 N–H and O–H groups in total. The number of hydrogen-bond acceptors (Lipinski definition) is 6. The van der Waals surface area contributed by atoms with E-state index in [0.29, 0.717) is 6.29 Å². The lowest BCUT2D eigenvalue weighted by atomic mass is 10.6. The van der Waals surface area contributed by atoms with Gasteiger partial charge >= 0.3 is 0 Å². The van der Waals surface area contributed by atoms with Gasteiger partial charge in [-0.1, -0.05) is 6.58 Å². The molecule has 0 fully saturated rings. The van der Waals surface area contributed by atoms with Gasteiger partial charge < -0.3 is 5.11 Å². The fraction of sp³-hybridized carbons (Fsp3) is 0. The molecular weight excluding hydrogens is 184 g/mol. The Labute approximate surface area is 69.9 Å². The number of aliphatic hydroxyl groups is 1. The Morgan fingerprint density at radius 3 is 2.33 bits per heavy atom. The first-order valence-corrected chi connectivity index (χ1v) is 3.84. The number of thiol groups is 1. The molecule has 0 heterocycles. The topological polar surface area (TPSA) is 96.2 Å². The van der Waals surface area contributed by atoms with Gasteiger partial charge in [0, 0.05) is 0 Å². The van der Waals surface area contributed by atoms with Crippen LogP contribution in [0.4, 0.5) is 0 Å². The number of carbonyl (C=O) groups excluding carboxylic acids is 1. The Kier molecular flexibility index (Phi) is 4.54. The maximum absolute atomic E-state index is 10.2. The van der Waals surface area contributed by atoms with Crippen LogP contribution in [-0.4, -0.2) is 19.8 Å². The molecule has 0 radical (unpaired) electrons. The van der Waals surface area contributed by atoms with Crippen molar-refractivity contribution in [3.8, 4) is 0 Å². The lowest BCUT2D eigenvalue weighted by Gasteiger charge is -1.84. The molecule has 0 amide bonds. The molecule has 0 saturated carbocycles. The van der Waals surface area contributed by atoms with Gasteiger partial charge in [-0.05, 0) is 0 Å². The highest BCUT2D eigenvalue weighted by Gasteiger charge is 1.96. The summed E-state index contributed by atoms with van der Waals surface area (Å²) < 4.78 is 20.3. The second kappa shape index (κ2) is 5.19. The predicted molar refractivity (Wildman–Crippen MR) is 41.1 cm³/mol. The van der Waals surface area contributed by atoms with E-state index in [2.05, 4.69) is 16.8 Å². The Hall–Kier alpha value is -1.50. The molecule has 0 bridgehead atoms. The third kappa shape index (κ3) is 3.62. The van der Waals surface area contributed by atoms with Crippen molar-refractivity contribution < 1.29 is 18.3 Å². The summed E-state index contributed by atoms with van der Waals surface area (Å²) in [5.41, 5.74) is -0.230. The van der Waals surface area contributed by atoms with Gasteiger partial charge in [0.25, 0.3) is 0 Å². The van der Waals surface area contributed by atoms with Crippen LogP contribution in [-0.2, 0) is 15.5 Å². The van der Waals surface area contributed by atoms with E-state index in [0.717, 1.165) is 0 Å². The summed E-state index contributed by atoms with van der Waals surface area (Å²) in [6, 6.07) is 0. The van der Waals surface area contributed by atoms with Crippen molar-refractivity contribution in [3.05, 3.63) is 23.6 Å². The SMILES string of the molecule is C=C(C=O)/N=N/C(=C\O)[SH](=O)=O. The molecule has 7 heteroatoms. The lowest BCUT2D eigenvalue weighted by Crippen LogP contribution is -1.81. The van der Waals surface area contributed by atoms with Gasteiger partial charge in [0.1, 0.15) is 12.0 Å². The van der Waals surface area contributed by atoms with Gasteiger partial charge in [0.2, 0.25) is 5.03 Å². The Bertz CT molecular complexity index is 307. The van der Waals surface area contributed by atoms with Crippen molar-refractivity contribution in [2.75, 3.05) is 0 Å². The van der Waals surface area contributed by atoms with Crippen LogP contribution in [0.2, 0.25) is 0 Å². The molecular formula is C5H6N2O4S. The van der Waals surface area contributed by atoms with Crippen molar-refractivity contribution in [2.45, 2.75) is 0 Å². The minimum atomic E-state index is -3.01. The van der Waals surface area contributed by atoms with Crippen LogP contribution in [0.15, 0.2) is 33.8 Å². The number of aliphatic hydroxyl groups excluding tert-OH is 1. The van der Waals surface area contributed by atoms with Crippen molar-refractivity contribution in [1.29, 1.82) is 0 Å². The number of rotatable bonds is 4. The van der Waals surface area contributed by atoms with Crippen LogP contribution >= 0.6 is 0 Å². The first kappa shape index (κ1) is 10.5. The van der Waals surface area contributed by atoms with Gasteiger partial charge in [0.05, 0.1) is 0 Å². The molecule has 0 atom stereocenters. The highest BCUT2D eigenvalue weighted by Crippen LogP contribution is 1.99. The summed E-state index contributed by atoms with van der Waals surface area (Å²) in [6.45, 7) is 3.10. The number of allylic oxidation sites excluding steroid dienone is 1. The first-order valence-electron chi connectivity index (χ1n) is 2.66. The van der Waals surface area contributed by atoms with E-state index in [4.69, 9.17) is 5.11 Å². The normalized spacial score (nSPS) is 12.2. The zero-order valence-corrected chi connectivity index (χ0v) is 6.77. The van der Waals surface area contributed by atoms with E-state index in [-0.39, 0.29) is 12.0 Å². The number of carbonyl (C=O) groups is 1. The zero-order chi connectivity index (χ0) is 9.56. The van der Waals surface area contributed by atoms with E-state index < -0.39 is 15.7 Å². The molecule has 66 valence electrons. The fourth-order valence-corrected chi connectivity index (χ4v) is 0.461. The number of hydrogen-bond donors (Lipinski definition) is 2. The average molecular weight is 190 g/mol. The van der Waals surface area contributed by atoms with E-state index in [1.807, 2.05) is 0 Å². The van der Waals surface area contributed by atoms with Crippen molar-refractivity contribution >= 4 is 17.0 Å². The molecule has 0 rings (SSSR count). The minimum Gasteiger partial charge on any atom is -0.513 e. The van der Waals surface area contributed by atoms with E-state index >= 15 is 0 Å². The molecule has 0 aromatic rings. The van der Waals surface area contributed by atoms with Crippen LogP contribution in [0.25, 0.3) is 0 Å². The Morgan fingerprint density at radius 2 is 2.00 bits per heavy atom. The molecule has 0 aromatic heterocycles. The molecule has 12 heavy (non-hydrogen) atoms. The van der Waals surface area contributed by atoms with Crippen molar-refractivity contribution in [3.63, 3.8) is 0 Å². The quantitative estimate of drug-likeness (QED) is 0.216. The summed E-state index contributed by atoms with van der Waals surface area (Å²) in [5.74, 6) is 0. The van der Waals surface area contributed by atoms with Gasteiger partial charge in [-0.15, -0.1) is 10.2 Å². The second-order valence-electron chi connectivity index (χ2n) is 1.55. The molecule has 0 aromatic carbocycles. The monoisotopic (exact) mass is 190 g/mol. The van der Waals surface area contributed by atoms with Gasteiger partial charge in [0.15, 0.2) is 17.0 Å². The highest BCUT2D eigenvalue weighted by atomic mass is 32.2. The minimum absolute atomic E-state index is 0.230. The summed E-state index contributed by atoms with van der Waals surface area (Å²) in [5, 5.41) is 13.7. The van der Waals surface area contributed by atoms with E-state index in [1.54, 1.807) is 0 Å². The third-order valence-corrected chi connectivity index (χ3v) is 1.30. The van der Waals surface area contributed by atoms with Crippen molar-refractivity contribution in [2.24, 2.45) is 10.2 Å². The highest BCUT2D eigenvalue weighted by molar-refractivity contribution is 7.76. The molecule has 0 aliphatic rings. The second-order valence-corrected chi connectivity index (χ2v) is 2.53. The standard InChI is InChI=1S/C5H6N2O4S/c1-4(2-8)6-7-5(3-9)12(10)11/h2-3,9,12H,1H2/b5-3+,7-6+. The van der Waals surface area contributed by atoms with Crippen molar-refractivity contribution in [1.82, 2.24) is 0 Å². The molecule has 0 aliphatic heterocycles. The Morgan fingerprint density at radius 1 is 1.42 bits per heavy atom. The van der Waals surface area contributed by atoms with Gasteiger partial charge in [-0.2, -0.15) is 0 Å². The number of aldehydes is 1. The predicted octanol–water partition coefficient (Wildman–Crippen LogP) is 0.119. The number of azo groups is 1. The third-order valence-electron chi connectivity index (χ3n) is 0.719. The van der Waals surface area contributed by atoms with Gasteiger partial charge in [-0.25, -0.2) is 8.42 Å². The smallest absolute Gasteiger partial charge is 0.208 e. The summed E-state index contributed by atoms with van der Waals surface area (Å²) in [7, 11) is -3.01. The average Bonchev–Trinajstić information content (AvgIpc) is 2.04. The zero-order valence-electron chi connectivity index (χ0n) is 5.88. The summed E-state index contributed by atoms with van der Waals surface area (Å²) >= 11 is 0. The first-order chi connectivity index (χ1) is 5.61. The molecule has 6 nitrogen and oxygen atoms in total. The van der Waals surface area contributed by atoms with Gasteiger partial charge in [-0.3, -0.25) is 4.79 Å². The Balaban J connectivity index is 4.53. The number of nitrogens with zero attached hydrogens (tertiary/aromatic N) is 2. The maximum atomic E-state index is 10.2. The fourth-order valence-electron chi connectivity index (χ4n) is 0.248. The summed E-state index contributed by atoms with van der Waals surface area (Å²) in [4.78, 5) is 9.89. The van der Waals surface area contributed by atoms with Crippen LogP contribution in [0, 0.1) is 0 Å². The van der Waals surface area contributed by atoms with Crippen LogP contribution in [0.3, 0.4) is 0 Å². The lowest BCUT2D eigenvalue weighted by molar-refractivity contribution is -0.104. The van der Waals surface area contributed by atoms with Crippen LogP contribution < -0.4 is 0 Å². The largest absolute Gasteiger partial charge is 0.513 e. The molecule has 0 spiro atoms. The van der Waals surface area contributed by atoms with E-state index in [9.17, 15) is 13.2 Å².